The molecule has 16 heavy (non-hydrogen) atoms. The van der Waals surface area contributed by atoms with E-state index in [1.807, 2.05) is 6.92 Å². The molecule has 1 N–H and O–H groups in total. The first-order valence-electron chi connectivity index (χ1n) is 6.32. The minimum absolute atomic E-state index is 0.165. The first-order chi connectivity index (χ1) is 7.73. The van der Waals surface area contributed by atoms with Crippen LogP contribution in [0.15, 0.2) is 0 Å². The molecule has 4 unspecified atom stereocenters. The van der Waals surface area contributed by atoms with Crippen LogP contribution in [0.1, 0.15) is 32.6 Å². The molecule has 2 saturated carbocycles. The van der Waals surface area contributed by atoms with E-state index in [1.54, 1.807) is 0 Å². The maximum Gasteiger partial charge on any atom is 0.325 e. The van der Waals surface area contributed by atoms with Gasteiger partial charge in [-0.2, -0.15) is 0 Å². The molecule has 4 heteroatoms. The van der Waals surface area contributed by atoms with Gasteiger partial charge in [-0.3, -0.25) is 10.1 Å². The van der Waals surface area contributed by atoms with Crippen molar-refractivity contribution < 1.29 is 14.3 Å². The number of carbonyl (C=O) groups excluding carboxylic acids is 1. The molecule has 1 heterocycles. The van der Waals surface area contributed by atoms with Crippen molar-refractivity contribution in [1.82, 2.24) is 5.32 Å². The summed E-state index contributed by atoms with van der Waals surface area (Å²) in [5, 5.41) is 3.39. The van der Waals surface area contributed by atoms with Crippen molar-refractivity contribution >= 4 is 5.97 Å². The van der Waals surface area contributed by atoms with E-state index >= 15 is 0 Å². The highest BCUT2D eigenvalue weighted by molar-refractivity contribution is 5.76. The van der Waals surface area contributed by atoms with Crippen LogP contribution in [0.2, 0.25) is 0 Å². The topological polar surface area (TPSA) is 47.6 Å². The Bertz CT molecular complexity index is 307. The van der Waals surface area contributed by atoms with Gasteiger partial charge in [0, 0.05) is 5.92 Å². The number of carbonyl (C=O) groups is 1. The van der Waals surface area contributed by atoms with Crippen LogP contribution >= 0.6 is 0 Å². The van der Waals surface area contributed by atoms with Crippen LogP contribution in [0.5, 0.6) is 0 Å². The van der Waals surface area contributed by atoms with E-state index in [0.717, 1.165) is 12.3 Å². The van der Waals surface area contributed by atoms with Crippen LogP contribution < -0.4 is 5.32 Å². The Morgan fingerprint density at radius 2 is 2.44 bits per heavy atom. The molecule has 1 aliphatic heterocycles. The molecule has 2 aliphatic carbocycles. The van der Waals surface area contributed by atoms with Crippen LogP contribution in [-0.4, -0.2) is 30.9 Å². The predicted molar refractivity (Wildman–Crippen MR) is 57.7 cm³/mol. The summed E-state index contributed by atoms with van der Waals surface area (Å²) in [6.45, 7) is 2.75. The van der Waals surface area contributed by atoms with Gasteiger partial charge >= 0.3 is 5.97 Å². The normalized spacial score (nSPS) is 45.4. The number of hydrogen-bond acceptors (Lipinski definition) is 4. The molecule has 3 fully saturated rings. The summed E-state index contributed by atoms with van der Waals surface area (Å²) in [4.78, 5) is 11.6. The van der Waals surface area contributed by atoms with Crippen molar-refractivity contribution in [2.24, 2.45) is 11.8 Å². The maximum absolute atomic E-state index is 11.6. The molecule has 1 saturated heterocycles. The fourth-order valence-corrected chi connectivity index (χ4v) is 3.61. The van der Waals surface area contributed by atoms with E-state index in [2.05, 4.69) is 5.32 Å². The zero-order valence-electron chi connectivity index (χ0n) is 9.70. The number of nitrogens with one attached hydrogen (secondary N) is 1. The van der Waals surface area contributed by atoms with Gasteiger partial charge in [-0.15, -0.1) is 0 Å². The van der Waals surface area contributed by atoms with Gasteiger partial charge in [0.15, 0.2) is 0 Å². The zero-order chi connectivity index (χ0) is 11.2. The third-order valence-corrected chi connectivity index (χ3v) is 4.29. The fraction of sp³-hybridized carbons (Fsp3) is 0.917. The Hall–Kier alpha value is -0.610. The third-order valence-electron chi connectivity index (χ3n) is 4.29. The SMILES string of the molecule is CCOC(=O)C1COC2(CC3CCC2C3)N1. The molecule has 3 aliphatic rings. The van der Waals surface area contributed by atoms with Gasteiger partial charge in [0.25, 0.3) is 0 Å². The first kappa shape index (κ1) is 10.5. The van der Waals surface area contributed by atoms with E-state index in [0.29, 0.717) is 19.1 Å². The summed E-state index contributed by atoms with van der Waals surface area (Å²) in [6, 6.07) is -0.251. The number of ether oxygens (including phenoxy) is 2. The standard InChI is InChI=1S/C12H19NO3/c1-2-15-11(14)10-7-16-12(13-10)6-8-3-4-9(12)5-8/h8-10,13H,2-7H2,1H3. The van der Waals surface area contributed by atoms with E-state index < -0.39 is 0 Å². The molecule has 0 amide bonds. The van der Waals surface area contributed by atoms with Crippen molar-refractivity contribution in [3.8, 4) is 0 Å². The highest BCUT2D eigenvalue weighted by Crippen LogP contribution is 2.52. The molecule has 2 bridgehead atoms. The third kappa shape index (κ3) is 1.47. The van der Waals surface area contributed by atoms with Crippen molar-refractivity contribution in [2.75, 3.05) is 13.2 Å². The minimum Gasteiger partial charge on any atom is -0.465 e. The molecule has 3 rings (SSSR count). The summed E-state index contributed by atoms with van der Waals surface area (Å²) in [7, 11) is 0. The lowest BCUT2D eigenvalue weighted by Crippen LogP contribution is -2.50. The molecule has 4 atom stereocenters. The molecule has 0 radical (unpaired) electrons. The molecule has 1 spiro atoms. The zero-order valence-corrected chi connectivity index (χ0v) is 9.70. The highest BCUT2D eigenvalue weighted by atomic mass is 16.6. The predicted octanol–water partition coefficient (Wildman–Crippen LogP) is 1.05. The summed E-state index contributed by atoms with van der Waals surface area (Å²) >= 11 is 0. The lowest BCUT2D eigenvalue weighted by molar-refractivity contribution is -0.145. The van der Waals surface area contributed by atoms with E-state index in [9.17, 15) is 4.79 Å². The van der Waals surface area contributed by atoms with Crippen molar-refractivity contribution in [2.45, 2.75) is 44.4 Å². The van der Waals surface area contributed by atoms with E-state index in [4.69, 9.17) is 9.47 Å². The van der Waals surface area contributed by atoms with E-state index in [1.165, 1.54) is 19.3 Å². The Labute approximate surface area is 95.7 Å². The van der Waals surface area contributed by atoms with E-state index in [-0.39, 0.29) is 17.7 Å². The Morgan fingerprint density at radius 3 is 3.06 bits per heavy atom. The van der Waals surface area contributed by atoms with Crippen LogP contribution in [-0.2, 0) is 14.3 Å². The second-order valence-electron chi connectivity index (χ2n) is 5.23. The lowest BCUT2D eigenvalue weighted by Gasteiger charge is -2.33. The first-order valence-corrected chi connectivity index (χ1v) is 6.32. The van der Waals surface area contributed by atoms with Crippen LogP contribution in [0, 0.1) is 11.8 Å². The second-order valence-corrected chi connectivity index (χ2v) is 5.23. The highest BCUT2D eigenvalue weighted by Gasteiger charge is 2.56. The van der Waals surface area contributed by atoms with Crippen LogP contribution in [0.3, 0.4) is 0 Å². The molecule has 0 aromatic rings. The Morgan fingerprint density at radius 1 is 1.56 bits per heavy atom. The molecule has 4 nitrogen and oxygen atoms in total. The van der Waals surface area contributed by atoms with Gasteiger partial charge in [0.2, 0.25) is 0 Å². The number of fused-ring (bicyclic) bond motifs is 3. The number of hydrogen-bond donors (Lipinski definition) is 1. The monoisotopic (exact) mass is 225 g/mol. The Kier molecular flexibility index (Phi) is 2.44. The van der Waals surface area contributed by atoms with Gasteiger partial charge in [-0.05, 0) is 38.5 Å². The van der Waals surface area contributed by atoms with Gasteiger partial charge in [0.1, 0.15) is 11.8 Å². The average molecular weight is 225 g/mol. The van der Waals surface area contributed by atoms with Crippen LogP contribution in [0.25, 0.3) is 0 Å². The molecule has 90 valence electrons. The average Bonchev–Trinajstić information content (AvgIpc) is 2.94. The van der Waals surface area contributed by atoms with Crippen molar-refractivity contribution in [3.63, 3.8) is 0 Å². The van der Waals surface area contributed by atoms with Crippen molar-refractivity contribution in [3.05, 3.63) is 0 Å². The summed E-state index contributed by atoms with van der Waals surface area (Å²) in [5.41, 5.74) is -0.194. The van der Waals surface area contributed by atoms with Crippen LogP contribution in [0.4, 0.5) is 0 Å². The fourth-order valence-electron chi connectivity index (χ4n) is 3.61. The van der Waals surface area contributed by atoms with Crippen molar-refractivity contribution in [1.29, 1.82) is 0 Å². The number of rotatable bonds is 2. The lowest BCUT2D eigenvalue weighted by atomic mass is 9.91. The second kappa shape index (κ2) is 3.70. The Balaban J connectivity index is 1.67. The quantitative estimate of drug-likeness (QED) is 0.714. The van der Waals surface area contributed by atoms with Gasteiger partial charge in [-0.25, -0.2) is 0 Å². The molecular weight excluding hydrogens is 206 g/mol. The summed E-state index contributed by atoms with van der Waals surface area (Å²) < 4.78 is 10.9. The summed E-state index contributed by atoms with van der Waals surface area (Å²) in [6.07, 6.45) is 4.92. The number of esters is 1. The van der Waals surface area contributed by atoms with Gasteiger partial charge in [0.05, 0.1) is 13.2 Å². The maximum atomic E-state index is 11.6. The summed E-state index contributed by atoms with van der Waals surface area (Å²) in [5.74, 6) is 1.25. The minimum atomic E-state index is -0.251. The van der Waals surface area contributed by atoms with Gasteiger partial charge < -0.3 is 9.47 Å². The largest absolute Gasteiger partial charge is 0.465 e. The molecule has 0 aromatic heterocycles. The molecule has 0 aromatic carbocycles. The molecular formula is C12H19NO3. The smallest absolute Gasteiger partial charge is 0.325 e. The van der Waals surface area contributed by atoms with Gasteiger partial charge in [-0.1, -0.05) is 0 Å².